The fourth-order valence-corrected chi connectivity index (χ4v) is 1.46. The molecule has 1 rings (SSSR count). The maximum absolute atomic E-state index is 5.82. The van der Waals surface area contributed by atoms with Crippen LogP contribution in [0.4, 0.5) is 0 Å². The Kier molecular flexibility index (Phi) is 4.57. The Labute approximate surface area is 98.1 Å². The zero-order valence-electron chi connectivity index (χ0n) is 7.28. The summed E-state index contributed by atoms with van der Waals surface area (Å²) in [6.45, 7) is 0.544. The molecule has 1 aromatic rings. The Morgan fingerprint density at radius 1 is 1.14 bits per heavy atom. The largest absolute Gasteiger partial charge is 0.330 e. The van der Waals surface area contributed by atoms with Crippen LogP contribution in [0, 0.1) is 11.8 Å². The molecule has 0 unspecified atom stereocenters. The van der Waals surface area contributed by atoms with Crippen molar-refractivity contribution in [1.29, 1.82) is 0 Å². The summed E-state index contributed by atoms with van der Waals surface area (Å²) < 4.78 is 0. The van der Waals surface area contributed by atoms with Gasteiger partial charge in [0.2, 0.25) is 0 Å². The van der Waals surface area contributed by atoms with Crippen LogP contribution < -0.4 is 5.73 Å². The minimum atomic E-state index is 0.359. The molecule has 14 heavy (non-hydrogen) atoms. The molecule has 0 aliphatic carbocycles. The predicted molar refractivity (Wildman–Crippen MR) is 62.0 cm³/mol. The van der Waals surface area contributed by atoms with Crippen LogP contribution in [0.15, 0.2) is 12.1 Å². The zero-order valence-corrected chi connectivity index (χ0v) is 9.55. The highest BCUT2D eigenvalue weighted by Crippen LogP contribution is 2.30. The van der Waals surface area contributed by atoms with Gasteiger partial charge in [0.15, 0.2) is 0 Å². The van der Waals surface area contributed by atoms with Crippen molar-refractivity contribution >= 4 is 34.8 Å². The number of nitrogens with two attached hydrogens (primary N) is 1. The van der Waals surface area contributed by atoms with E-state index in [1.807, 2.05) is 0 Å². The highest BCUT2D eigenvalue weighted by molar-refractivity contribution is 6.48. The highest BCUT2D eigenvalue weighted by atomic mass is 35.5. The normalized spacial score (nSPS) is 9.43. The lowest BCUT2D eigenvalue weighted by molar-refractivity contribution is 1.03. The molecule has 0 saturated heterocycles. The van der Waals surface area contributed by atoms with Crippen LogP contribution in [0.25, 0.3) is 0 Å². The first-order valence-corrected chi connectivity index (χ1v) is 5.12. The Bertz CT molecular complexity index is 367. The van der Waals surface area contributed by atoms with Crippen molar-refractivity contribution in [1.82, 2.24) is 0 Å². The molecule has 0 aliphatic rings. The van der Waals surface area contributed by atoms with Crippen LogP contribution in [0.2, 0.25) is 15.1 Å². The Morgan fingerprint density at radius 3 is 2.21 bits per heavy atom. The van der Waals surface area contributed by atoms with E-state index < -0.39 is 0 Å². The standard InChI is InChI=1S/C10H8Cl3N/c11-8-5-7(3-1-2-4-14)6-9(12)10(8)13/h5-6H,2,4,14H2. The highest BCUT2D eigenvalue weighted by Gasteiger charge is 2.03. The van der Waals surface area contributed by atoms with E-state index in [1.54, 1.807) is 12.1 Å². The first kappa shape index (κ1) is 11.7. The Hall–Kier alpha value is -0.390. The molecule has 0 amide bonds. The van der Waals surface area contributed by atoms with Crippen molar-refractivity contribution in [3.63, 3.8) is 0 Å². The van der Waals surface area contributed by atoms with E-state index in [4.69, 9.17) is 40.5 Å². The predicted octanol–water partition coefficient (Wildman–Crippen LogP) is 3.35. The van der Waals surface area contributed by atoms with E-state index in [9.17, 15) is 0 Å². The number of benzene rings is 1. The summed E-state index contributed by atoms with van der Waals surface area (Å²) in [5.74, 6) is 5.79. The molecule has 0 aliphatic heterocycles. The van der Waals surface area contributed by atoms with Crippen molar-refractivity contribution < 1.29 is 0 Å². The number of rotatable bonds is 1. The molecule has 0 atom stereocenters. The van der Waals surface area contributed by atoms with Crippen LogP contribution in [0.1, 0.15) is 12.0 Å². The second-order valence-corrected chi connectivity index (χ2v) is 3.79. The van der Waals surface area contributed by atoms with Crippen molar-refractivity contribution in [3.8, 4) is 11.8 Å². The lowest BCUT2D eigenvalue weighted by Gasteiger charge is -1.99. The summed E-state index contributed by atoms with van der Waals surface area (Å²) in [6.07, 6.45) is 0.651. The molecular weight excluding hydrogens is 240 g/mol. The van der Waals surface area contributed by atoms with Crippen molar-refractivity contribution in [3.05, 3.63) is 32.8 Å². The van der Waals surface area contributed by atoms with Gasteiger partial charge in [-0.25, -0.2) is 0 Å². The fraction of sp³-hybridized carbons (Fsp3) is 0.200. The fourth-order valence-electron chi connectivity index (χ4n) is 0.864. The molecule has 2 N–H and O–H groups in total. The summed E-state index contributed by atoms with van der Waals surface area (Å²) in [4.78, 5) is 0. The van der Waals surface area contributed by atoms with Crippen molar-refractivity contribution in [2.45, 2.75) is 6.42 Å². The Balaban J connectivity index is 2.97. The zero-order chi connectivity index (χ0) is 10.6. The first-order valence-electron chi connectivity index (χ1n) is 3.98. The molecule has 0 fully saturated rings. The third-order valence-electron chi connectivity index (χ3n) is 1.49. The van der Waals surface area contributed by atoms with Gasteiger partial charge in [-0.05, 0) is 12.1 Å². The molecule has 0 radical (unpaired) electrons. The maximum atomic E-state index is 5.82. The average molecular weight is 249 g/mol. The van der Waals surface area contributed by atoms with Gasteiger partial charge >= 0.3 is 0 Å². The lowest BCUT2D eigenvalue weighted by atomic mass is 10.2. The molecule has 0 heterocycles. The summed E-state index contributed by atoms with van der Waals surface area (Å²) in [7, 11) is 0. The van der Waals surface area contributed by atoms with E-state index in [0.29, 0.717) is 28.0 Å². The van der Waals surface area contributed by atoms with Gasteiger partial charge in [-0.2, -0.15) is 0 Å². The molecule has 0 spiro atoms. The minimum Gasteiger partial charge on any atom is -0.330 e. The first-order chi connectivity index (χ1) is 6.65. The smallest absolute Gasteiger partial charge is 0.0779 e. The van der Waals surface area contributed by atoms with Crippen LogP contribution in [-0.2, 0) is 0 Å². The molecule has 74 valence electrons. The summed E-state index contributed by atoms with van der Waals surface area (Å²) in [6, 6.07) is 3.36. The van der Waals surface area contributed by atoms with E-state index in [2.05, 4.69) is 11.8 Å². The SMILES string of the molecule is NCCC#Cc1cc(Cl)c(Cl)c(Cl)c1. The van der Waals surface area contributed by atoms with Crippen LogP contribution in [0.5, 0.6) is 0 Å². The number of halogens is 3. The van der Waals surface area contributed by atoms with Gasteiger partial charge in [0.1, 0.15) is 0 Å². The van der Waals surface area contributed by atoms with Gasteiger partial charge in [-0.1, -0.05) is 46.6 Å². The molecule has 1 aromatic carbocycles. The van der Waals surface area contributed by atoms with E-state index >= 15 is 0 Å². The second kappa shape index (κ2) is 5.48. The van der Waals surface area contributed by atoms with Crippen LogP contribution in [-0.4, -0.2) is 6.54 Å². The van der Waals surface area contributed by atoms with Gasteiger partial charge in [-0.15, -0.1) is 0 Å². The van der Waals surface area contributed by atoms with Crippen molar-refractivity contribution in [2.24, 2.45) is 5.73 Å². The van der Waals surface area contributed by atoms with Gasteiger partial charge < -0.3 is 5.73 Å². The third-order valence-corrected chi connectivity index (χ3v) is 2.68. The quantitative estimate of drug-likeness (QED) is 0.599. The van der Waals surface area contributed by atoms with Gasteiger partial charge in [-0.3, -0.25) is 0 Å². The molecule has 0 aromatic heterocycles. The number of hydrogen-bond donors (Lipinski definition) is 1. The van der Waals surface area contributed by atoms with Crippen molar-refractivity contribution in [2.75, 3.05) is 6.54 Å². The summed E-state index contributed by atoms with van der Waals surface area (Å²) >= 11 is 17.4. The molecule has 0 saturated carbocycles. The third kappa shape index (κ3) is 3.08. The van der Waals surface area contributed by atoms with Crippen LogP contribution in [0.3, 0.4) is 0 Å². The van der Waals surface area contributed by atoms with Crippen LogP contribution >= 0.6 is 34.8 Å². The maximum Gasteiger partial charge on any atom is 0.0779 e. The summed E-state index contributed by atoms with van der Waals surface area (Å²) in [5.41, 5.74) is 6.05. The Morgan fingerprint density at radius 2 is 1.71 bits per heavy atom. The summed E-state index contributed by atoms with van der Waals surface area (Å²) in [5, 5.41) is 1.19. The van der Waals surface area contributed by atoms with Gasteiger partial charge in [0.05, 0.1) is 15.1 Å². The van der Waals surface area contributed by atoms with E-state index in [1.165, 1.54) is 0 Å². The lowest BCUT2D eigenvalue weighted by Crippen LogP contribution is -1.95. The molecule has 1 nitrogen and oxygen atoms in total. The number of hydrogen-bond acceptors (Lipinski definition) is 1. The molecule has 4 heteroatoms. The van der Waals surface area contributed by atoms with E-state index in [0.717, 1.165) is 5.56 Å². The molecular formula is C10H8Cl3N. The topological polar surface area (TPSA) is 26.0 Å². The monoisotopic (exact) mass is 247 g/mol. The second-order valence-electron chi connectivity index (χ2n) is 2.59. The van der Waals surface area contributed by atoms with E-state index in [-0.39, 0.29) is 0 Å². The minimum absolute atomic E-state index is 0.359. The molecule has 0 bridgehead atoms. The van der Waals surface area contributed by atoms with Gasteiger partial charge in [0, 0.05) is 18.5 Å². The van der Waals surface area contributed by atoms with Gasteiger partial charge in [0.25, 0.3) is 0 Å². The average Bonchev–Trinajstić information content (AvgIpc) is 2.14.